The maximum atomic E-state index is 13.8. The monoisotopic (exact) mass is 675 g/mol. The van der Waals surface area contributed by atoms with E-state index in [1.165, 1.54) is 0 Å². The van der Waals surface area contributed by atoms with Gasteiger partial charge in [-0.05, 0) is 72.6 Å². The second-order valence-corrected chi connectivity index (χ2v) is 12.8. The highest BCUT2D eigenvalue weighted by molar-refractivity contribution is 5.99. The predicted octanol–water partition coefficient (Wildman–Crippen LogP) is 5.52. The van der Waals surface area contributed by atoms with Crippen molar-refractivity contribution in [3.05, 3.63) is 126 Å². The van der Waals surface area contributed by atoms with Crippen molar-refractivity contribution in [2.45, 2.75) is 57.0 Å². The fourth-order valence-electron chi connectivity index (χ4n) is 6.17. The van der Waals surface area contributed by atoms with Crippen molar-refractivity contribution in [1.29, 1.82) is 0 Å². The number of anilines is 1. The highest BCUT2D eigenvalue weighted by atomic mass is 16.5. The van der Waals surface area contributed by atoms with Gasteiger partial charge in [0.05, 0.1) is 24.5 Å². The number of benzene rings is 4. The Bertz CT molecular complexity index is 1760. The van der Waals surface area contributed by atoms with Gasteiger partial charge in [-0.1, -0.05) is 103 Å². The summed E-state index contributed by atoms with van der Waals surface area (Å²) >= 11 is 0. The summed E-state index contributed by atoms with van der Waals surface area (Å²) in [4.78, 5) is 54.2. The summed E-state index contributed by atoms with van der Waals surface area (Å²) < 4.78 is 5.76. The van der Waals surface area contributed by atoms with Gasteiger partial charge in [0.1, 0.15) is 12.6 Å². The molecule has 4 aromatic carbocycles. The van der Waals surface area contributed by atoms with Crippen LogP contribution >= 0.6 is 0 Å². The van der Waals surface area contributed by atoms with Gasteiger partial charge in [-0.3, -0.25) is 19.2 Å². The molecule has 3 amide bonds. The zero-order valence-corrected chi connectivity index (χ0v) is 28.1. The van der Waals surface area contributed by atoms with E-state index in [0.717, 1.165) is 28.3 Å². The second-order valence-electron chi connectivity index (χ2n) is 12.8. The Morgan fingerprint density at radius 2 is 1.54 bits per heavy atom. The van der Waals surface area contributed by atoms with Crippen LogP contribution in [0.2, 0.25) is 0 Å². The number of esters is 1. The van der Waals surface area contributed by atoms with Crippen molar-refractivity contribution in [3.8, 4) is 0 Å². The Morgan fingerprint density at radius 1 is 0.840 bits per heavy atom. The van der Waals surface area contributed by atoms with E-state index in [-0.39, 0.29) is 32.0 Å². The number of aliphatic hydroxyl groups is 1. The van der Waals surface area contributed by atoms with E-state index in [1.54, 1.807) is 6.07 Å². The summed E-state index contributed by atoms with van der Waals surface area (Å²) in [6, 6.07) is 30.8. The van der Waals surface area contributed by atoms with Crippen molar-refractivity contribution in [2.24, 2.45) is 11.8 Å². The molecule has 4 N–H and O–H groups in total. The molecule has 0 bridgehead atoms. The maximum absolute atomic E-state index is 13.8. The predicted molar refractivity (Wildman–Crippen MR) is 194 cm³/mol. The van der Waals surface area contributed by atoms with Crippen molar-refractivity contribution < 1.29 is 29.0 Å². The van der Waals surface area contributed by atoms with E-state index in [9.17, 15) is 24.3 Å². The molecular weight excluding hydrogens is 630 g/mol. The highest BCUT2D eigenvalue weighted by Gasteiger charge is 2.30. The molecule has 0 saturated heterocycles. The summed E-state index contributed by atoms with van der Waals surface area (Å²) in [5.41, 5.74) is 2.51. The van der Waals surface area contributed by atoms with Crippen molar-refractivity contribution in [1.82, 2.24) is 10.6 Å². The first-order valence-corrected chi connectivity index (χ1v) is 17.3. The number of rotatable bonds is 10. The number of aliphatic hydroxyl groups excluding tert-OH is 1. The molecule has 260 valence electrons. The molecule has 1 aliphatic rings. The minimum atomic E-state index is -1.21. The number of carbonyl (C=O) groups is 4. The minimum absolute atomic E-state index is 0.153. The number of amides is 3. The molecular formula is C41H45N3O6. The molecule has 50 heavy (non-hydrogen) atoms. The first kappa shape index (κ1) is 36.0. The van der Waals surface area contributed by atoms with Gasteiger partial charge < -0.3 is 25.8 Å². The van der Waals surface area contributed by atoms with Crippen LogP contribution in [-0.4, -0.2) is 54.1 Å². The van der Waals surface area contributed by atoms with Crippen molar-refractivity contribution in [3.63, 3.8) is 0 Å². The standard InChI is InChI=1S/C41H45N3O6/c45-27-36(24-30-15-7-4-8-16-30)42-38(46)26-33-19-9-1-2-10-20-34(23-29-13-5-3-6-14-29)41(49)50-28-37(44-39(33)47)40(48)43-35-22-21-31-17-11-12-18-32(31)25-35/h1,3-9,11-18,21-22,25,33-34,36-37,45H,2,10,19-20,23-24,26-28H2,(H,42,46)(H,43,48)(H,44,47). The lowest BCUT2D eigenvalue weighted by atomic mass is 9.93. The fourth-order valence-corrected chi connectivity index (χ4v) is 6.17. The van der Waals surface area contributed by atoms with Gasteiger partial charge >= 0.3 is 5.97 Å². The third-order valence-corrected chi connectivity index (χ3v) is 8.92. The van der Waals surface area contributed by atoms with Crippen molar-refractivity contribution >= 4 is 40.2 Å². The smallest absolute Gasteiger partial charge is 0.309 e. The highest BCUT2D eigenvalue weighted by Crippen LogP contribution is 2.21. The molecule has 0 aliphatic carbocycles. The van der Waals surface area contributed by atoms with E-state index in [2.05, 4.69) is 16.0 Å². The SMILES string of the molecule is O=C(CC1CC=CCCCC(Cc2ccccc2)C(=O)OCC(C(=O)Nc2ccc3ccccc3c2)NC1=O)NC(CO)Cc1ccccc1. The molecule has 0 spiro atoms. The number of hydrogen-bond donors (Lipinski definition) is 4. The van der Waals surface area contributed by atoms with Gasteiger partial charge in [0.2, 0.25) is 11.8 Å². The van der Waals surface area contributed by atoms with Gasteiger partial charge in [0.15, 0.2) is 0 Å². The Kier molecular flexibility index (Phi) is 13.3. The van der Waals surface area contributed by atoms with Gasteiger partial charge in [0, 0.05) is 12.1 Å². The van der Waals surface area contributed by atoms with Crippen LogP contribution in [0.15, 0.2) is 115 Å². The summed E-state index contributed by atoms with van der Waals surface area (Å²) in [6.45, 7) is -0.626. The zero-order valence-electron chi connectivity index (χ0n) is 28.1. The quantitative estimate of drug-likeness (QED) is 0.129. The van der Waals surface area contributed by atoms with Gasteiger partial charge in [-0.15, -0.1) is 0 Å². The lowest BCUT2D eigenvalue weighted by molar-refractivity contribution is -0.151. The molecule has 0 saturated carbocycles. The first-order chi connectivity index (χ1) is 24.4. The molecule has 5 rings (SSSR count). The zero-order chi connectivity index (χ0) is 35.1. The third-order valence-electron chi connectivity index (χ3n) is 8.92. The lowest BCUT2D eigenvalue weighted by Crippen LogP contribution is -2.50. The number of hydrogen-bond acceptors (Lipinski definition) is 6. The normalized spacial score (nSPS) is 19.4. The van der Waals surface area contributed by atoms with E-state index in [1.807, 2.05) is 109 Å². The average molecular weight is 676 g/mol. The summed E-state index contributed by atoms with van der Waals surface area (Å²) in [5, 5.41) is 20.4. The summed E-state index contributed by atoms with van der Waals surface area (Å²) in [6.07, 6.45) is 6.91. The van der Waals surface area contributed by atoms with Crippen LogP contribution < -0.4 is 16.0 Å². The largest absolute Gasteiger partial charge is 0.463 e. The molecule has 0 radical (unpaired) electrons. The molecule has 4 unspecified atom stereocenters. The van der Waals surface area contributed by atoms with Crippen LogP contribution in [0.25, 0.3) is 10.8 Å². The lowest BCUT2D eigenvalue weighted by Gasteiger charge is -2.24. The second kappa shape index (κ2) is 18.5. The fraction of sp³-hybridized carbons (Fsp3) is 0.317. The number of allylic oxidation sites excluding steroid dienone is 2. The number of ether oxygens (including phenoxy) is 1. The van der Waals surface area contributed by atoms with Gasteiger partial charge in [-0.25, -0.2) is 0 Å². The van der Waals surface area contributed by atoms with Crippen LogP contribution in [0, 0.1) is 11.8 Å². The molecule has 4 atom stereocenters. The van der Waals surface area contributed by atoms with Crippen LogP contribution in [0.5, 0.6) is 0 Å². The van der Waals surface area contributed by atoms with Crippen LogP contribution in [0.4, 0.5) is 5.69 Å². The van der Waals surface area contributed by atoms with Crippen LogP contribution in [-0.2, 0) is 36.8 Å². The molecule has 9 nitrogen and oxygen atoms in total. The van der Waals surface area contributed by atoms with E-state index < -0.39 is 41.7 Å². The maximum Gasteiger partial charge on any atom is 0.309 e. The Balaban J connectivity index is 1.33. The van der Waals surface area contributed by atoms with E-state index >= 15 is 0 Å². The molecule has 1 aliphatic heterocycles. The Morgan fingerprint density at radius 3 is 2.28 bits per heavy atom. The van der Waals surface area contributed by atoms with Crippen LogP contribution in [0.3, 0.4) is 0 Å². The van der Waals surface area contributed by atoms with Crippen molar-refractivity contribution in [2.75, 3.05) is 18.5 Å². The van der Waals surface area contributed by atoms with Crippen LogP contribution in [0.1, 0.15) is 43.2 Å². The number of cyclic esters (lactones) is 1. The molecule has 0 fully saturated rings. The topological polar surface area (TPSA) is 134 Å². The molecule has 0 aromatic heterocycles. The number of fused-ring (bicyclic) bond motifs is 1. The summed E-state index contributed by atoms with van der Waals surface area (Å²) in [5.74, 6) is -3.10. The first-order valence-electron chi connectivity index (χ1n) is 17.3. The Labute approximate surface area is 293 Å². The van der Waals surface area contributed by atoms with Gasteiger partial charge in [-0.2, -0.15) is 0 Å². The summed E-state index contributed by atoms with van der Waals surface area (Å²) in [7, 11) is 0. The van der Waals surface area contributed by atoms with E-state index in [4.69, 9.17) is 4.74 Å². The molecule has 1 heterocycles. The minimum Gasteiger partial charge on any atom is -0.463 e. The number of carbonyl (C=O) groups excluding carboxylic acids is 4. The molecule has 9 heteroatoms. The average Bonchev–Trinajstić information content (AvgIpc) is 3.13. The molecule has 4 aromatic rings. The van der Waals surface area contributed by atoms with E-state index in [0.29, 0.717) is 31.4 Å². The van der Waals surface area contributed by atoms with Gasteiger partial charge in [0.25, 0.3) is 5.91 Å². The Hall–Kier alpha value is -5.28. The number of nitrogens with one attached hydrogen (secondary N) is 3. The third kappa shape index (κ3) is 10.9.